The number of aromatic nitrogens is 1. The van der Waals surface area contributed by atoms with E-state index in [4.69, 9.17) is 0 Å². The minimum absolute atomic E-state index is 1.14. The first-order valence-corrected chi connectivity index (χ1v) is 25.6. The quantitative estimate of drug-likeness (QED) is 0.146. The fourth-order valence-electron chi connectivity index (χ4n) is 11.9. The van der Waals surface area contributed by atoms with Gasteiger partial charge in [-0.3, -0.25) is 0 Å². The van der Waals surface area contributed by atoms with E-state index in [0.717, 1.165) is 5.69 Å². The fourth-order valence-corrected chi connectivity index (χ4v) is 13.1. The third kappa shape index (κ3) is 6.33. The van der Waals surface area contributed by atoms with Gasteiger partial charge in [-0.15, -0.1) is 11.3 Å². The molecule has 0 aliphatic rings. The van der Waals surface area contributed by atoms with E-state index < -0.39 is 0 Å². The summed E-state index contributed by atoms with van der Waals surface area (Å²) in [6.07, 6.45) is 0. The summed E-state index contributed by atoms with van der Waals surface area (Å²) in [5, 5.41) is 15.1. The van der Waals surface area contributed by atoms with Crippen LogP contribution in [0.25, 0.3) is 146 Å². The molecule has 334 valence electrons. The Morgan fingerprint density at radius 2 is 0.708 bits per heavy atom. The lowest BCUT2D eigenvalue weighted by atomic mass is 9.86. The van der Waals surface area contributed by atoms with Crippen LogP contribution in [0.15, 0.2) is 261 Å². The number of hydrogen-bond acceptors (Lipinski definition) is 1. The zero-order valence-corrected chi connectivity index (χ0v) is 40.0. The first kappa shape index (κ1) is 40.8. The van der Waals surface area contributed by atoms with Crippen molar-refractivity contribution in [1.29, 1.82) is 0 Å². The van der Waals surface area contributed by atoms with Gasteiger partial charge in [0.25, 0.3) is 0 Å². The summed E-state index contributed by atoms with van der Waals surface area (Å²) in [4.78, 5) is 0. The van der Waals surface area contributed by atoms with E-state index in [0.29, 0.717) is 0 Å². The van der Waals surface area contributed by atoms with E-state index in [1.807, 2.05) is 11.3 Å². The molecule has 0 aliphatic carbocycles. The van der Waals surface area contributed by atoms with Gasteiger partial charge in [0.2, 0.25) is 0 Å². The van der Waals surface area contributed by atoms with Crippen molar-refractivity contribution in [1.82, 2.24) is 4.57 Å². The number of rotatable bonds is 6. The molecule has 2 heterocycles. The maximum absolute atomic E-state index is 2.45. The molecular formula is C70H43NS. The topological polar surface area (TPSA) is 4.93 Å². The van der Waals surface area contributed by atoms with E-state index in [1.54, 1.807) is 0 Å². The molecule has 13 aromatic carbocycles. The first-order valence-electron chi connectivity index (χ1n) is 24.8. The number of thiophene rings is 1. The van der Waals surface area contributed by atoms with Gasteiger partial charge in [0.15, 0.2) is 0 Å². The van der Waals surface area contributed by atoms with Crippen LogP contribution in [0.3, 0.4) is 0 Å². The van der Waals surface area contributed by atoms with E-state index in [-0.39, 0.29) is 0 Å². The van der Waals surface area contributed by atoms with Crippen LogP contribution < -0.4 is 0 Å². The normalized spacial score (nSPS) is 11.9. The zero-order chi connectivity index (χ0) is 47.3. The average Bonchev–Trinajstić information content (AvgIpc) is 3.99. The molecule has 0 aliphatic heterocycles. The van der Waals surface area contributed by atoms with E-state index in [9.17, 15) is 0 Å². The molecule has 0 amide bonds. The summed E-state index contributed by atoms with van der Waals surface area (Å²) in [6, 6.07) is 96.8. The highest BCUT2D eigenvalue weighted by Crippen LogP contribution is 2.48. The Bertz CT molecular complexity index is 4600. The van der Waals surface area contributed by atoms with Gasteiger partial charge in [0.1, 0.15) is 0 Å². The highest BCUT2D eigenvalue weighted by atomic mass is 32.1. The van der Waals surface area contributed by atoms with Crippen LogP contribution >= 0.6 is 11.3 Å². The van der Waals surface area contributed by atoms with E-state index in [2.05, 4.69) is 265 Å². The molecule has 0 bridgehead atoms. The summed E-state index contributed by atoms with van der Waals surface area (Å²) in [7, 11) is 0. The Kier molecular flexibility index (Phi) is 9.20. The van der Waals surface area contributed by atoms with Crippen molar-refractivity contribution >= 4 is 96.4 Å². The summed E-state index contributed by atoms with van der Waals surface area (Å²) in [5.74, 6) is 0. The van der Waals surface area contributed by atoms with Crippen molar-refractivity contribution in [3.05, 3.63) is 261 Å². The standard InChI is InChI=1S/C70H43NS/c1-2-18-46(19-3-1)68-57-25-8-10-27-59(57)69(60-28-11-9-26-58(60)68)47-32-36-51(37-33-47)71-65-31-13-12-24-56(65)62-40-49(34-38-66(62)71)61-42-50(55-30-15-21-45-17-5-7-23-53(45)55)43-64-63-41-48(35-39-67(63)72-70(61)64)54-29-14-20-44-16-4-6-22-52(44)54/h1-43H. The van der Waals surface area contributed by atoms with Gasteiger partial charge in [0, 0.05) is 42.2 Å². The highest BCUT2D eigenvalue weighted by molar-refractivity contribution is 7.26. The van der Waals surface area contributed by atoms with Crippen molar-refractivity contribution in [2.45, 2.75) is 0 Å². The van der Waals surface area contributed by atoms with Crippen LogP contribution in [0.5, 0.6) is 0 Å². The molecule has 15 rings (SSSR count). The molecule has 0 N–H and O–H groups in total. The lowest BCUT2D eigenvalue weighted by Crippen LogP contribution is -1.94. The number of benzene rings is 13. The maximum atomic E-state index is 2.45. The largest absolute Gasteiger partial charge is 0.309 e. The van der Waals surface area contributed by atoms with Gasteiger partial charge in [-0.1, -0.05) is 206 Å². The Balaban J connectivity index is 0.906. The predicted octanol–water partition coefficient (Wildman–Crippen LogP) is 20.1. The number of nitrogens with zero attached hydrogens (tertiary/aromatic N) is 1. The van der Waals surface area contributed by atoms with Crippen molar-refractivity contribution in [2.75, 3.05) is 0 Å². The first-order chi connectivity index (χ1) is 35.7. The molecule has 2 heteroatoms. The molecule has 0 unspecified atom stereocenters. The van der Waals surface area contributed by atoms with Gasteiger partial charge >= 0.3 is 0 Å². The minimum Gasteiger partial charge on any atom is -0.309 e. The third-order valence-electron chi connectivity index (χ3n) is 15.2. The Morgan fingerprint density at radius 1 is 0.250 bits per heavy atom. The van der Waals surface area contributed by atoms with Crippen LogP contribution in [0.1, 0.15) is 0 Å². The average molecular weight is 930 g/mol. The van der Waals surface area contributed by atoms with Crippen LogP contribution in [-0.4, -0.2) is 4.57 Å². The second-order valence-electron chi connectivity index (χ2n) is 19.1. The molecule has 0 atom stereocenters. The smallest absolute Gasteiger partial charge is 0.0541 e. The molecule has 72 heavy (non-hydrogen) atoms. The SMILES string of the molecule is c1ccc(-c2c3ccccc3c(-c3ccc(-n4c5ccccc5c5cc(-c6cc(-c7cccc8ccccc78)cc7c6sc6ccc(-c8cccc9ccccc89)cc67)ccc54)cc3)c3ccccc23)cc1. The lowest BCUT2D eigenvalue weighted by molar-refractivity contribution is 1.18. The van der Waals surface area contributed by atoms with E-state index in [1.165, 1.54) is 141 Å². The Labute approximate surface area is 420 Å². The summed E-state index contributed by atoms with van der Waals surface area (Å²) < 4.78 is 5.04. The van der Waals surface area contributed by atoms with Gasteiger partial charge < -0.3 is 4.57 Å². The van der Waals surface area contributed by atoms with Crippen molar-refractivity contribution in [3.63, 3.8) is 0 Å². The molecule has 0 fully saturated rings. The molecule has 0 spiro atoms. The fraction of sp³-hybridized carbons (Fsp3) is 0. The number of fused-ring (bicyclic) bond motifs is 10. The predicted molar refractivity (Wildman–Crippen MR) is 311 cm³/mol. The molecule has 1 nitrogen and oxygen atoms in total. The molecule has 15 aromatic rings. The monoisotopic (exact) mass is 929 g/mol. The second kappa shape index (κ2) is 16.2. The summed E-state index contributed by atoms with van der Waals surface area (Å²) in [6.45, 7) is 0. The summed E-state index contributed by atoms with van der Waals surface area (Å²) >= 11 is 1.90. The van der Waals surface area contributed by atoms with Gasteiger partial charge in [-0.2, -0.15) is 0 Å². The van der Waals surface area contributed by atoms with Gasteiger partial charge in [0.05, 0.1) is 11.0 Å². The Morgan fingerprint density at radius 3 is 1.36 bits per heavy atom. The van der Waals surface area contributed by atoms with Crippen LogP contribution in [0.2, 0.25) is 0 Å². The molecule has 0 radical (unpaired) electrons. The van der Waals surface area contributed by atoms with Crippen molar-refractivity contribution < 1.29 is 0 Å². The number of para-hydroxylation sites is 1. The van der Waals surface area contributed by atoms with Gasteiger partial charge in [-0.25, -0.2) is 0 Å². The second-order valence-corrected chi connectivity index (χ2v) is 20.2. The van der Waals surface area contributed by atoms with Crippen LogP contribution in [-0.2, 0) is 0 Å². The lowest BCUT2D eigenvalue weighted by Gasteiger charge is -2.18. The number of hydrogen-bond donors (Lipinski definition) is 0. The van der Waals surface area contributed by atoms with Crippen molar-refractivity contribution in [3.8, 4) is 61.3 Å². The van der Waals surface area contributed by atoms with Crippen LogP contribution in [0.4, 0.5) is 0 Å². The molecule has 2 aromatic heterocycles. The Hall–Kier alpha value is -9.08. The zero-order valence-electron chi connectivity index (χ0n) is 39.2. The van der Waals surface area contributed by atoms with Crippen molar-refractivity contribution in [2.24, 2.45) is 0 Å². The van der Waals surface area contributed by atoms with Gasteiger partial charge in [-0.05, 0) is 148 Å². The minimum atomic E-state index is 1.14. The third-order valence-corrected chi connectivity index (χ3v) is 16.4. The maximum Gasteiger partial charge on any atom is 0.0541 e. The van der Waals surface area contributed by atoms with Crippen LogP contribution in [0, 0.1) is 0 Å². The molecular weight excluding hydrogens is 887 g/mol. The van der Waals surface area contributed by atoms with E-state index >= 15 is 0 Å². The molecule has 0 saturated heterocycles. The highest BCUT2D eigenvalue weighted by Gasteiger charge is 2.21. The molecule has 0 saturated carbocycles. The summed E-state index contributed by atoms with van der Waals surface area (Å²) in [5.41, 5.74) is 15.9.